The Labute approximate surface area is 133 Å². The molecule has 0 heterocycles. The van der Waals surface area contributed by atoms with Crippen molar-refractivity contribution in [2.24, 2.45) is 0 Å². The fourth-order valence-corrected chi connectivity index (χ4v) is 2.32. The summed E-state index contributed by atoms with van der Waals surface area (Å²) in [4.78, 5) is 24.3. The van der Waals surface area contributed by atoms with Gasteiger partial charge in [0.25, 0.3) is 11.6 Å². The van der Waals surface area contributed by atoms with Crippen LogP contribution in [0.1, 0.15) is 28.9 Å². The van der Waals surface area contributed by atoms with E-state index < -0.39 is 4.92 Å². The lowest BCUT2D eigenvalue weighted by atomic mass is 10.1. The molecule has 5 nitrogen and oxygen atoms in total. The summed E-state index contributed by atoms with van der Waals surface area (Å²) in [6.07, 6.45) is 0. The van der Waals surface area contributed by atoms with Crippen molar-refractivity contribution < 1.29 is 9.72 Å². The predicted octanol–water partition coefficient (Wildman–Crippen LogP) is 4.08. The third kappa shape index (κ3) is 3.43. The maximum atomic E-state index is 12.5. The zero-order chi connectivity index (χ0) is 16.3. The van der Waals surface area contributed by atoms with Gasteiger partial charge in [-0.25, -0.2) is 0 Å². The number of halogens is 1. The summed E-state index contributed by atoms with van der Waals surface area (Å²) >= 11 is 5.97. The topological polar surface area (TPSA) is 63.5 Å². The molecule has 0 aliphatic rings. The Kier molecular flexibility index (Phi) is 4.78. The fourth-order valence-electron chi connectivity index (χ4n) is 2.12. The van der Waals surface area contributed by atoms with Gasteiger partial charge in [-0.3, -0.25) is 14.9 Å². The first-order chi connectivity index (χ1) is 10.4. The van der Waals surface area contributed by atoms with Crippen LogP contribution in [-0.2, 0) is 0 Å². The van der Waals surface area contributed by atoms with E-state index in [-0.39, 0.29) is 23.2 Å². The molecule has 0 fully saturated rings. The number of carbonyl (C=O) groups excluding carboxylic acids is 1. The van der Waals surface area contributed by atoms with Gasteiger partial charge in [0.2, 0.25) is 0 Å². The van der Waals surface area contributed by atoms with E-state index in [1.165, 1.54) is 23.1 Å². The van der Waals surface area contributed by atoms with Crippen molar-refractivity contribution in [1.82, 2.24) is 4.90 Å². The summed E-state index contributed by atoms with van der Waals surface area (Å²) in [5.74, 6) is -0.281. The molecule has 0 aliphatic heterocycles. The normalized spacial score (nSPS) is 11.8. The van der Waals surface area contributed by atoms with Crippen molar-refractivity contribution in [3.63, 3.8) is 0 Å². The number of amides is 1. The van der Waals surface area contributed by atoms with E-state index in [9.17, 15) is 14.9 Å². The van der Waals surface area contributed by atoms with Crippen LogP contribution in [0.4, 0.5) is 5.69 Å². The molecular weight excluding hydrogens is 304 g/mol. The summed E-state index contributed by atoms with van der Waals surface area (Å²) in [5.41, 5.74) is 1.08. The minimum absolute atomic E-state index is 0.102. The zero-order valence-corrected chi connectivity index (χ0v) is 12.9. The summed E-state index contributed by atoms with van der Waals surface area (Å²) in [6.45, 7) is 1.88. The first-order valence-corrected chi connectivity index (χ1v) is 7.05. The molecule has 0 radical (unpaired) electrons. The molecule has 6 heteroatoms. The summed E-state index contributed by atoms with van der Waals surface area (Å²) in [6, 6.07) is 12.8. The molecule has 114 valence electrons. The second kappa shape index (κ2) is 6.58. The van der Waals surface area contributed by atoms with Gasteiger partial charge in [-0.05, 0) is 30.7 Å². The minimum Gasteiger partial charge on any atom is -0.335 e. The van der Waals surface area contributed by atoms with Crippen molar-refractivity contribution in [3.8, 4) is 0 Å². The van der Waals surface area contributed by atoms with E-state index in [1.54, 1.807) is 25.2 Å². The molecule has 22 heavy (non-hydrogen) atoms. The van der Waals surface area contributed by atoms with Crippen molar-refractivity contribution >= 4 is 23.2 Å². The zero-order valence-electron chi connectivity index (χ0n) is 12.2. The van der Waals surface area contributed by atoms with Gasteiger partial charge in [0.1, 0.15) is 0 Å². The summed E-state index contributed by atoms with van der Waals surface area (Å²) in [7, 11) is 1.66. The lowest BCUT2D eigenvalue weighted by Crippen LogP contribution is -2.29. The number of nitro benzene ring substituents is 1. The fraction of sp³-hybridized carbons (Fsp3) is 0.188. The number of non-ortho nitro benzene ring substituents is 1. The van der Waals surface area contributed by atoms with Crippen LogP contribution in [-0.4, -0.2) is 22.8 Å². The van der Waals surface area contributed by atoms with Crippen LogP contribution in [0.2, 0.25) is 5.02 Å². The number of benzene rings is 2. The van der Waals surface area contributed by atoms with Gasteiger partial charge in [0.15, 0.2) is 0 Å². The van der Waals surface area contributed by atoms with Gasteiger partial charge in [-0.15, -0.1) is 0 Å². The number of hydrogen-bond acceptors (Lipinski definition) is 3. The Morgan fingerprint density at radius 3 is 2.55 bits per heavy atom. The molecule has 0 spiro atoms. The quantitative estimate of drug-likeness (QED) is 0.630. The van der Waals surface area contributed by atoms with Crippen LogP contribution in [0.3, 0.4) is 0 Å². The maximum absolute atomic E-state index is 12.5. The van der Waals surface area contributed by atoms with E-state index in [1.807, 2.05) is 19.1 Å². The molecule has 0 aliphatic carbocycles. The van der Waals surface area contributed by atoms with E-state index in [2.05, 4.69) is 0 Å². The monoisotopic (exact) mass is 318 g/mol. The number of nitro groups is 1. The highest BCUT2D eigenvalue weighted by Gasteiger charge is 2.20. The third-order valence-electron chi connectivity index (χ3n) is 3.54. The molecule has 2 aromatic carbocycles. The van der Waals surface area contributed by atoms with Crippen LogP contribution < -0.4 is 0 Å². The number of nitrogens with zero attached hydrogens (tertiary/aromatic N) is 2. The summed E-state index contributed by atoms with van der Waals surface area (Å²) < 4.78 is 0. The maximum Gasteiger partial charge on any atom is 0.270 e. The van der Waals surface area contributed by atoms with Crippen molar-refractivity contribution in [2.45, 2.75) is 13.0 Å². The van der Waals surface area contributed by atoms with Crippen molar-refractivity contribution in [2.75, 3.05) is 7.05 Å². The van der Waals surface area contributed by atoms with Gasteiger partial charge in [0.05, 0.1) is 11.0 Å². The first kappa shape index (κ1) is 16.0. The van der Waals surface area contributed by atoms with Crippen molar-refractivity contribution in [3.05, 3.63) is 74.8 Å². The SMILES string of the molecule is CC(c1cccc(Cl)c1)N(C)C(=O)c1cccc([N+](=O)[O-])c1. The molecule has 1 unspecified atom stereocenters. The number of carbonyl (C=O) groups is 1. The smallest absolute Gasteiger partial charge is 0.270 e. The number of hydrogen-bond donors (Lipinski definition) is 0. The Morgan fingerprint density at radius 2 is 1.91 bits per heavy atom. The van der Waals surface area contributed by atoms with Gasteiger partial charge >= 0.3 is 0 Å². The standard InChI is InChI=1S/C16H15ClN2O3/c1-11(12-5-3-7-14(17)9-12)18(2)16(20)13-6-4-8-15(10-13)19(21)22/h3-11H,1-2H3. The Morgan fingerprint density at radius 1 is 1.23 bits per heavy atom. The molecule has 0 saturated carbocycles. The van der Waals surface area contributed by atoms with Crippen LogP contribution in [0, 0.1) is 10.1 Å². The molecule has 0 N–H and O–H groups in total. The largest absolute Gasteiger partial charge is 0.335 e. The third-order valence-corrected chi connectivity index (χ3v) is 3.77. The molecule has 0 bridgehead atoms. The van der Waals surface area contributed by atoms with Gasteiger partial charge < -0.3 is 4.90 Å². The Hall–Kier alpha value is -2.40. The van der Waals surface area contributed by atoms with Crippen molar-refractivity contribution in [1.29, 1.82) is 0 Å². The highest BCUT2D eigenvalue weighted by molar-refractivity contribution is 6.30. The molecule has 0 saturated heterocycles. The van der Waals surface area contributed by atoms with E-state index >= 15 is 0 Å². The highest BCUT2D eigenvalue weighted by Crippen LogP contribution is 2.24. The lowest BCUT2D eigenvalue weighted by Gasteiger charge is -2.25. The second-order valence-electron chi connectivity index (χ2n) is 4.95. The minimum atomic E-state index is -0.517. The van der Waals surface area contributed by atoms with Crippen LogP contribution >= 0.6 is 11.6 Å². The summed E-state index contributed by atoms with van der Waals surface area (Å²) in [5, 5.41) is 11.4. The molecule has 1 amide bonds. The van der Waals surface area contributed by atoms with E-state index in [0.717, 1.165) is 5.56 Å². The lowest BCUT2D eigenvalue weighted by molar-refractivity contribution is -0.384. The van der Waals surface area contributed by atoms with Crippen LogP contribution in [0.5, 0.6) is 0 Å². The second-order valence-corrected chi connectivity index (χ2v) is 5.39. The van der Waals surface area contributed by atoms with E-state index in [4.69, 9.17) is 11.6 Å². The molecule has 2 rings (SSSR count). The molecule has 0 aromatic heterocycles. The van der Waals surface area contributed by atoms with E-state index in [0.29, 0.717) is 5.02 Å². The average Bonchev–Trinajstić information content (AvgIpc) is 2.52. The molecular formula is C16H15ClN2O3. The molecule has 1 atom stereocenters. The van der Waals surface area contributed by atoms with Gasteiger partial charge in [0, 0.05) is 29.8 Å². The van der Waals surface area contributed by atoms with Gasteiger partial charge in [-0.2, -0.15) is 0 Å². The first-order valence-electron chi connectivity index (χ1n) is 6.67. The van der Waals surface area contributed by atoms with Crippen LogP contribution in [0.15, 0.2) is 48.5 Å². The van der Waals surface area contributed by atoms with Crippen LogP contribution in [0.25, 0.3) is 0 Å². The Bertz CT molecular complexity index is 718. The molecule has 2 aromatic rings. The highest BCUT2D eigenvalue weighted by atomic mass is 35.5. The Balaban J connectivity index is 2.25. The number of rotatable bonds is 4. The average molecular weight is 319 g/mol. The van der Waals surface area contributed by atoms with Gasteiger partial charge in [-0.1, -0.05) is 29.8 Å². The predicted molar refractivity (Wildman–Crippen MR) is 85.1 cm³/mol.